The lowest BCUT2D eigenvalue weighted by Gasteiger charge is -2.18. The van der Waals surface area contributed by atoms with E-state index in [1.807, 2.05) is 48.5 Å². The van der Waals surface area contributed by atoms with Crippen LogP contribution in [0.15, 0.2) is 70.1 Å². The van der Waals surface area contributed by atoms with Crippen LogP contribution in [0.3, 0.4) is 0 Å². The van der Waals surface area contributed by atoms with Crippen LogP contribution in [-0.2, 0) is 5.41 Å². The van der Waals surface area contributed by atoms with Gasteiger partial charge in [0, 0.05) is 17.3 Å². The smallest absolute Gasteiger partial charge is 0.227 e. The molecule has 0 spiro atoms. The molecule has 0 fully saturated rings. The highest BCUT2D eigenvalue weighted by Crippen LogP contribution is 2.30. The molecule has 1 N–H and O–H groups in total. The molecule has 4 rings (SSSR count). The summed E-state index contributed by atoms with van der Waals surface area (Å²) in [4.78, 5) is 9.11. The second-order valence-corrected chi connectivity index (χ2v) is 9.10. The summed E-state index contributed by atoms with van der Waals surface area (Å²) in [5.74, 6) is 0.831. The Bertz CT molecular complexity index is 1200. The summed E-state index contributed by atoms with van der Waals surface area (Å²) >= 11 is 2.10. The Balaban J connectivity index is 1.62. The van der Waals surface area contributed by atoms with Crippen molar-refractivity contribution in [1.29, 1.82) is 0 Å². The molecule has 0 amide bonds. The van der Waals surface area contributed by atoms with Crippen molar-refractivity contribution in [2.75, 3.05) is 0 Å². The van der Waals surface area contributed by atoms with Crippen molar-refractivity contribution in [2.45, 2.75) is 26.2 Å². The van der Waals surface area contributed by atoms with Gasteiger partial charge in [0.2, 0.25) is 5.89 Å². The number of aromatic nitrogens is 1. The van der Waals surface area contributed by atoms with Gasteiger partial charge in [0.05, 0.1) is 9.26 Å². The van der Waals surface area contributed by atoms with Crippen molar-refractivity contribution in [2.24, 2.45) is 4.99 Å². The van der Waals surface area contributed by atoms with Crippen LogP contribution in [0.25, 0.3) is 22.6 Å². The fraction of sp³-hybridized carbons (Fsp3) is 0.167. The van der Waals surface area contributed by atoms with Crippen LogP contribution >= 0.6 is 22.6 Å². The SMILES string of the molecule is CC(C)(C)c1ccc(-c2nc3cc(N=Cc4cccc(I)c4O)ccc3o2)cc1. The number of aromatic hydroxyl groups is 1. The monoisotopic (exact) mass is 496 g/mol. The summed E-state index contributed by atoms with van der Waals surface area (Å²) in [5, 5.41) is 10.1. The van der Waals surface area contributed by atoms with Crippen LogP contribution in [0, 0.1) is 3.57 Å². The van der Waals surface area contributed by atoms with Gasteiger partial charge in [-0.05, 0) is 76.0 Å². The molecule has 1 aromatic heterocycles. The third-order valence-corrected chi connectivity index (χ3v) is 5.61. The summed E-state index contributed by atoms with van der Waals surface area (Å²) < 4.78 is 6.72. The lowest BCUT2D eigenvalue weighted by molar-refractivity contribution is 0.470. The van der Waals surface area contributed by atoms with E-state index in [1.165, 1.54) is 5.56 Å². The predicted molar refractivity (Wildman–Crippen MR) is 126 cm³/mol. The van der Waals surface area contributed by atoms with Gasteiger partial charge in [-0.15, -0.1) is 0 Å². The Kier molecular flexibility index (Phi) is 5.17. The fourth-order valence-corrected chi connectivity index (χ4v) is 3.53. The van der Waals surface area contributed by atoms with E-state index in [1.54, 1.807) is 6.21 Å². The number of halogens is 1. The third kappa shape index (κ3) is 4.19. The van der Waals surface area contributed by atoms with E-state index in [9.17, 15) is 5.11 Å². The second kappa shape index (κ2) is 7.63. The van der Waals surface area contributed by atoms with Gasteiger partial charge >= 0.3 is 0 Å². The average Bonchev–Trinajstić information content (AvgIpc) is 3.12. The number of para-hydroxylation sites is 1. The Morgan fingerprint density at radius 1 is 1.03 bits per heavy atom. The largest absolute Gasteiger partial charge is 0.506 e. The molecule has 0 atom stereocenters. The molecule has 146 valence electrons. The van der Waals surface area contributed by atoms with Crippen LogP contribution in [0.5, 0.6) is 5.75 Å². The highest BCUT2D eigenvalue weighted by Gasteiger charge is 2.14. The molecule has 4 aromatic rings. The van der Waals surface area contributed by atoms with E-state index in [-0.39, 0.29) is 11.2 Å². The van der Waals surface area contributed by atoms with Crippen LogP contribution < -0.4 is 0 Å². The quantitative estimate of drug-likeness (QED) is 0.249. The number of phenols is 1. The number of phenolic OH excluding ortho intramolecular Hbond substituents is 1. The Morgan fingerprint density at radius 3 is 2.52 bits per heavy atom. The summed E-state index contributed by atoms with van der Waals surface area (Å²) in [6.07, 6.45) is 1.66. The van der Waals surface area contributed by atoms with Crippen LogP contribution in [0.4, 0.5) is 5.69 Å². The Morgan fingerprint density at radius 2 is 1.79 bits per heavy atom. The molecule has 0 unspecified atom stereocenters. The summed E-state index contributed by atoms with van der Waals surface area (Å²) in [7, 11) is 0. The van der Waals surface area contributed by atoms with Gasteiger partial charge in [-0.2, -0.15) is 0 Å². The van der Waals surface area contributed by atoms with Gasteiger partial charge in [0.1, 0.15) is 11.3 Å². The molecule has 5 heteroatoms. The zero-order valence-electron chi connectivity index (χ0n) is 16.5. The van der Waals surface area contributed by atoms with E-state index >= 15 is 0 Å². The van der Waals surface area contributed by atoms with Crippen molar-refractivity contribution in [3.05, 3.63) is 75.4 Å². The number of aliphatic imine (C=N–C) groups is 1. The lowest BCUT2D eigenvalue weighted by Crippen LogP contribution is -2.10. The van der Waals surface area contributed by atoms with E-state index in [0.717, 1.165) is 25.9 Å². The highest BCUT2D eigenvalue weighted by atomic mass is 127. The Labute approximate surface area is 183 Å². The molecule has 0 radical (unpaired) electrons. The van der Waals surface area contributed by atoms with Crippen LogP contribution in [0.1, 0.15) is 31.9 Å². The molecule has 0 saturated carbocycles. The number of benzene rings is 3. The first kappa shape index (κ1) is 19.6. The maximum atomic E-state index is 10.1. The molecule has 0 aliphatic rings. The van der Waals surface area contributed by atoms with E-state index in [2.05, 4.69) is 65.5 Å². The standard InChI is InChI=1S/C24H21IN2O2/c1-24(2,3)17-9-7-15(8-10-17)23-27-20-13-18(11-12-21(20)29-23)26-14-16-5-4-6-19(25)22(16)28/h4-14,28H,1-3H3. The van der Waals surface area contributed by atoms with Crippen LogP contribution in [-0.4, -0.2) is 16.3 Å². The molecule has 1 heterocycles. The molecule has 0 aliphatic heterocycles. The number of hydrogen-bond acceptors (Lipinski definition) is 4. The van der Waals surface area contributed by atoms with E-state index in [0.29, 0.717) is 11.5 Å². The van der Waals surface area contributed by atoms with Gasteiger partial charge in [-0.25, -0.2) is 4.98 Å². The second-order valence-electron chi connectivity index (χ2n) is 7.93. The molecule has 4 nitrogen and oxygen atoms in total. The topological polar surface area (TPSA) is 58.6 Å². The van der Waals surface area contributed by atoms with Crippen molar-refractivity contribution >= 4 is 45.6 Å². The van der Waals surface area contributed by atoms with E-state index in [4.69, 9.17) is 4.42 Å². The number of oxazole rings is 1. The molecular weight excluding hydrogens is 475 g/mol. The Hall–Kier alpha value is -2.67. The fourth-order valence-electron chi connectivity index (χ4n) is 3.01. The van der Waals surface area contributed by atoms with Gasteiger partial charge < -0.3 is 9.52 Å². The van der Waals surface area contributed by atoms with Gasteiger partial charge in [0.25, 0.3) is 0 Å². The normalized spacial score (nSPS) is 12.1. The van der Waals surface area contributed by atoms with Crippen molar-refractivity contribution in [1.82, 2.24) is 4.98 Å². The number of hydrogen-bond donors (Lipinski definition) is 1. The van der Waals surface area contributed by atoms with E-state index < -0.39 is 0 Å². The van der Waals surface area contributed by atoms with Crippen molar-refractivity contribution < 1.29 is 9.52 Å². The average molecular weight is 496 g/mol. The molecular formula is C24H21IN2O2. The van der Waals surface area contributed by atoms with Gasteiger partial charge in [0.15, 0.2) is 5.58 Å². The van der Waals surface area contributed by atoms with Crippen molar-refractivity contribution in [3.63, 3.8) is 0 Å². The minimum absolute atomic E-state index is 0.109. The summed E-state index contributed by atoms with van der Waals surface area (Å²) in [5.41, 5.74) is 5.22. The zero-order chi connectivity index (χ0) is 20.6. The molecule has 0 aliphatic carbocycles. The maximum absolute atomic E-state index is 10.1. The molecule has 0 bridgehead atoms. The number of fused-ring (bicyclic) bond motifs is 1. The van der Waals surface area contributed by atoms with Crippen LogP contribution in [0.2, 0.25) is 0 Å². The first-order chi connectivity index (χ1) is 13.8. The summed E-state index contributed by atoms with van der Waals surface area (Å²) in [6.45, 7) is 6.58. The molecule has 3 aromatic carbocycles. The lowest BCUT2D eigenvalue weighted by atomic mass is 9.87. The molecule has 0 saturated heterocycles. The molecule has 29 heavy (non-hydrogen) atoms. The predicted octanol–water partition coefficient (Wildman–Crippen LogP) is 6.85. The van der Waals surface area contributed by atoms with Gasteiger partial charge in [-0.1, -0.05) is 39.0 Å². The van der Waals surface area contributed by atoms with Crippen molar-refractivity contribution in [3.8, 4) is 17.2 Å². The number of nitrogens with zero attached hydrogens (tertiary/aromatic N) is 2. The van der Waals surface area contributed by atoms with Gasteiger partial charge in [-0.3, -0.25) is 4.99 Å². The zero-order valence-corrected chi connectivity index (χ0v) is 18.6. The highest BCUT2D eigenvalue weighted by molar-refractivity contribution is 14.1. The third-order valence-electron chi connectivity index (χ3n) is 4.74. The first-order valence-corrected chi connectivity index (χ1v) is 10.4. The first-order valence-electron chi connectivity index (χ1n) is 9.34. The number of rotatable bonds is 3. The maximum Gasteiger partial charge on any atom is 0.227 e. The minimum atomic E-state index is 0.109. The minimum Gasteiger partial charge on any atom is -0.506 e. The summed E-state index contributed by atoms with van der Waals surface area (Å²) in [6, 6.07) is 19.5.